The van der Waals surface area contributed by atoms with Crippen molar-refractivity contribution >= 4 is 0 Å². The van der Waals surface area contributed by atoms with E-state index in [1.54, 1.807) is 38.5 Å². The van der Waals surface area contributed by atoms with E-state index in [1.165, 1.54) is 25.9 Å². The fourth-order valence-corrected chi connectivity index (χ4v) is 6.36. The van der Waals surface area contributed by atoms with Gasteiger partial charge in [-0.2, -0.15) is 0 Å². The summed E-state index contributed by atoms with van der Waals surface area (Å²) in [6, 6.07) is 0. The zero-order valence-electron chi connectivity index (χ0n) is 11.3. The summed E-state index contributed by atoms with van der Waals surface area (Å²) in [6.07, 6.45) is 12.4. The monoisotopic (exact) mass is 233 g/mol. The average Bonchev–Trinajstić information content (AvgIpc) is 2.28. The SMILES string of the molecule is CC1(C23CC4CC(CC(C4)C2)C3)CCCNC1. The minimum Gasteiger partial charge on any atom is -0.316 e. The third-order valence-corrected chi connectivity index (χ3v) is 6.92. The van der Waals surface area contributed by atoms with Gasteiger partial charge in [0.1, 0.15) is 0 Å². The van der Waals surface area contributed by atoms with Crippen LogP contribution in [0.3, 0.4) is 0 Å². The van der Waals surface area contributed by atoms with Crippen LogP contribution in [0.1, 0.15) is 58.3 Å². The van der Waals surface area contributed by atoms with Gasteiger partial charge in [0, 0.05) is 6.54 Å². The summed E-state index contributed by atoms with van der Waals surface area (Å²) in [5.74, 6) is 3.33. The quantitative estimate of drug-likeness (QED) is 0.730. The van der Waals surface area contributed by atoms with E-state index >= 15 is 0 Å². The molecule has 0 radical (unpaired) electrons. The maximum absolute atomic E-state index is 3.70. The minimum atomic E-state index is 0.626. The molecule has 5 fully saturated rings. The van der Waals surface area contributed by atoms with Gasteiger partial charge in [-0.05, 0) is 86.5 Å². The van der Waals surface area contributed by atoms with E-state index in [9.17, 15) is 0 Å². The Labute approximate surface area is 106 Å². The molecule has 1 unspecified atom stereocenters. The van der Waals surface area contributed by atoms with Gasteiger partial charge in [-0.1, -0.05) is 6.92 Å². The van der Waals surface area contributed by atoms with Crippen LogP contribution in [0.15, 0.2) is 0 Å². The van der Waals surface area contributed by atoms with Crippen molar-refractivity contribution in [2.75, 3.05) is 13.1 Å². The zero-order chi connectivity index (χ0) is 11.5. The summed E-state index contributed by atoms with van der Waals surface area (Å²) in [5, 5.41) is 3.70. The molecule has 0 spiro atoms. The van der Waals surface area contributed by atoms with Gasteiger partial charge >= 0.3 is 0 Å². The molecule has 1 N–H and O–H groups in total. The molecule has 0 aromatic rings. The predicted molar refractivity (Wildman–Crippen MR) is 70.8 cm³/mol. The third-order valence-electron chi connectivity index (χ3n) is 6.92. The highest BCUT2D eigenvalue weighted by Crippen LogP contribution is 2.67. The largest absolute Gasteiger partial charge is 0.316 e. The molecule has 5 rings (SSSR count). The first kappa shape index (κ1) is 10.8. The molecule has 4 saturated carbocycles. The Kier molecular flexibility index (Phi) is 2.23. The molecule has 0 aromatic carbocycles. The lowest BCUT2D eigenvalue weighted by Crippen LogP contribution is -2.58. The molecule has 0 aromatic heterocycles. The Bertz CT molecular complexity index is 278. The van der Waals surface area contributed by atoms with Gasteiger partial charge in [-0.15, -0.1) is 0 Å². The minimum absolute atomic E-state index is 0.626. The predicted octanol–water partition coefficient (Wildman–Crippen LogP) is 3.59. The summed E-state index contributed by atoms with van der Waals surface area (Å²) < 4.78 is 0. The molecule has 4 bridgehead atoms. The Morgan fingerprint density at radius 3 is 2.00 bits per heavy atom. The van der Waals surface area contributed by atoms with E-state index in [0.29, 0.717) is 5.41 Å². The van der Waals surface area contributed by atoms with Crippen molar-refractivity contribution < 1.29 is 0 Å². The highest BCUT2D eigenvalue weighted by atomic mass is 14.9. The molecule has 4 aliphatic carbocycles. The normalized spacial score (nSPS) is 57.4. The smallest absolute Gasteiger partial charge is 0.00105 e. The van der Waals surface area contributed by atoms with Gasteiger partial charge in [0.15, 0.2) is 0 Å². The Balaban J connectivity index is 1.67. The van der Waals surface area contributed by atoms with Crippen molar-refractivity contribution in [3.05, 3.63) is 0 Å². The molecule has 1 atom stereocenters. The highest BCUT2D eigenvalue weighted by molar-refractivity contribution is 5.09. The van der Waals surface area contributed by atoms with Gasteiger partial charge in [0.05, 0.1) is 0 Å². The molecule has 96 valence electrons. The van der Waals surface area contributed by atoms with Crippen LogP contribution in [0.4, 0.5) is 0 Å². The van der Waals surface area contributed by atoms with Crippen LogP contribution in [-0.2, 0) is 0 Å². The van der Waals surface area contributed by atoms with E-state index in [1.807, 2.05) is 0 Å². The zero-order valence-corrected chi connectivity index (χ0v) is 11.3. The maximum Gasteiger partial charge on any atom is 0.00105 e. The van der Waals surface area contributed by atoms with Crippen molar-refractivity contribution in [2.45, 2.75) is 58.3 Å². The summed E-state index contributed by atoms with van der Waals surface area (Å²) in [7, 11) is 0. The number of piperidine rings is 1. The average molecular weight is 233 g/mol. The molecular formula is C16H27N. The molecular weight excluding hydrogens is 206 g/mol. The van der Waals surface area contributed by atoms with Crippen LogP contribution in [0.2, 0.25) is 0 Å². The summed E-state index contributed by atoms with van der Waals surface area (Å²) in [6.45, 7) is 5.19. The van der Waals surface area contributed by atoms with E-state index in [-0.39, 0.29) is 0 Å². The van der Waals surface area contributed by atoms with Crippen LogP contribution in [0.5, 0.6) is 0 Å². The second-order valence-electron chi connectivity index (χ2n) is 8.04. The van der Waals surface area contributed by atoms with Gasteiger partial charge in [-0.25, -0.2) is 0 Å². The fraction of sp³-hybridized carbons (Fsp3) is 1.00. The van der Waals surface area contributed by atoms with E-state index in [0.717, 1.165) is 23.2 Å². The van der Waals surface area contributed by atoms with Gasteiger partial charge < -0.3 is 5.32 Å². The van der Waals surface area contributed by atoms with Crippen LogP contribution in [0.25, 0.3) is 0 Å². The van der Waals surface area contributed by atoms with Crippen LogP contribution >= 0.6 is 0 Å². The Morgan fingerprint density at radius 1 is 0.941 bits per heavy atom. The molecule has 1 heteroatoms. The Morgan fingerprint density at radius 2 is 1.53 bits per heavy atom. The lowest BCUT2D eigenvalue weighted by Gasteiger charge is -2.64. The standard InChI is InChI=1S/C16H27N/c1-15(3-2-4-17-11-15)16-8-12-5-13(9-16)7-14(6-12)10-16/h12-14,17H,2-11H2,1H3. The van der Waals surface area contributed by atoms with Crippen LogP contribution in [0, 0.1) is 28.6 Å². The number of hydrogen-bond acceptors (Lipinski definition) is 1. The van der Waals surface area contributed by atoms with Crippen LogP contribution in [-0.4, -0.2) is 13.1 Å². The summed E-state index contributed by atoms with van der Waals surface area (Å²) >= 11 is 0. The first-order valence-corrected chi connectivity index (χ1v) is 7.90. The number of nitrogens with one attached hydrogen (secondary N) is 1. The number of rotatable bonds is 1. The van der Waals surface area contributed by atoms with Gasteiger partial charge in [0.2, 0.25) is 0 Å². The first-order chi connectivity index (χ1) is 8.19. The first-order valence-electron chi connectivity index (χ1n) is 7.90. The maximum atomic E-state index is 3.70. The summed E-state index contributed by atoms with van der Waals surface area (Å²) in [5.41, 5.74) is 1.37. The molecule has 0 amide bonds. The van der Waals surface area contributed by atoms with Crippen molar-refractivity contribution in [3.8, 4) is 0 Å². The van der Waals surface area contributed by atoms with Gasteiger partial charge in [0.25, 0.3) is 0 Å². The van der Waals surface area contributed by atoms with Gasteiger partial charge in [-0.3, -0.25) is 0 Å². The van der Waals surface area contributed by atoms with Crippen molar-refractivity contribution in [1.29, 1.82) is 0 Å². The van der Waals surface area contributed by atoms with Crippen molar-refractivity contribution in [2.24, 2.45) is 28.6 Å². The van der Waals surface area contributed by atoms with Crippen LogP contribution < -0.4 is 5.32 Å². The molecule has 1 aliphatic heterocycles. The third kappa shape index (κ3) is 1.47. The lowest BCUT2D eigenvalue weighted by molar-refractivity contribution is -0.132. The van der Waals surface area contributed by atoms with E-state index in [2.05, 4.69) is 12.2 Å². The molecule has 17 heavy (non-hydrogen) atoms. The second-order valence-corrected chi connectivity index (χ2v) is 8.04. The van der Waals surface area contributed by atoms with E-state index in [4.69, 9.17) is 0 Å². The Hall–Kier alpha value is -0.0400. The summed E-state index contributed by atoms with van der Waals surface area (Å²) in [4.78, 5) is 0. The van der Waals surface area contributed by atoms with Crippen molar-refractivity contribution in [3.63, 3.8) is 0 Å². The molecule has 1 nitrogen and oxygen atoms in total. The lowest BCUT2D eigenvalue weighted by atomic mass is 9.42. The fourth-order valence-electron chi connectivity index (χ4n) is 6.36. The second kappa shape index (κ2) is 3.50. The molecule has 5 aliphatic rings. The van der Waals surface area contributed by atoms with Crippen molar-refractivity contribution in [1.82, 2.24) is 5.32 Å². The highest BCUT2D eigenvalue weighted by Gasteiger charge is 2.58. The topological polar surface area (TPSA) is 12.0 Å². The van der Waals surface area contributed by atoms with E-state index < -0.39 is 0 Å². The molecule has 1 heterocycles. The number of hydrogen-bond donors (Lipinski definition) is 1. The molecule has 1 saturated heterocycles.